The number of halogens is 2. The summed E-state index contributed by atoms with van der Waals surface area (Å²) in [5, 5.41) is 12.7. The molecule has 0 aromatic heterocycles. The summed E-state index contributed by atoms with van der Waals surface area (Å²) in [6.45, 7) is 5.83. The third kappa shape index (κ3) is 9.86. The maximum absolute atomic E-state index is 14.0. The highest BCUT2D eigenvalue weighted by Gasteiger charge is 2.39. The Labute approximate surface area is 335 Å². The molecule has 4 aromatic carbocycles. The normalized spacial score (nSPS) is 16.2. The number of nitriles is 1. The van der Waals surface area contributed by atoms with E-state index in [9.17, 15) is 14.4 Å². The first kappa shape index (κ1) is 39.8. The maximum Gasteiger partial charge on any atom is 0.411 e. The van der Waals surface area contributed by atoms with Crippen molar-refractivity contribution in [1.29, 1.82) is 5.26 Å². The van der Waals surface area contributed by atoms with Gasteiger partial charge in [-0.25, -0.2) is 9.59 Å². The van der Waals surface area contributed by atoms with Crippen LogP contribution in [0.15, 0.2) is 78.9 Å². The molecule has 2 heterocycles. The summed E-state index contributed by atoms with van der Waals surface area (Å²) in [5.74, 6) is 6.27. The molecule has 0 radical (unpaired) electrons. The van der Waals surface area contributed by atoms with Crippen LogP contribution in [-0.2, 0) is 38.6 Å². The van der Waals surface area contributed by atoms with Gasteiger partial charge in [0.25, 0.3) is 0 Å². The first-order valence-corrected chi connectivity index (χ1v) is 18.5. The van der Waals surface area contributed by atoms with Crippen LogP contribution in [0.3, 0.4) is 0 Å². The zero-order valence-corrected chi connectivity index (χ0v) is 32.7. The Kier molecular flexibility index (Phi) is 12.3. The smallest absolute Gasteiger partial charge is 0.411 e. The van der Waals surface area contributed by atoms with Gasteiger partial charge in [-0.05, 0) is 104 Å². The van der Waals surface area contributed by atoms with Crippen molar-refractivity contribution in [1.82, 2.24) is 10.2 Å². The monoisotopic (exact) mass is 795 g/mol. The Morgan fingerprint density at radius 3 is 2.34 bits per heavy atom. The summed E-state index contributed by atoms with van der Waals surface area (Å²) in [6.07, 6.45) is -1.03. The predicted molar refractivity (Wildman–Crippen MR) is 208 cm³/mol. The molecule has 0 aliphatic carbocycles. The van der Waals surface area contributed by atoms with E-state index in [1.54, 1.807) is 57.2 Å². The molecule has 4 aromatic rings. The molecular formula is C43H39Cl2N3O8. The minimum Gasteiger partial charge on any atom is -0.489 e. The van der Waals surface area contributed by atoms with Crippen molar-refractivity contribution in [3.63, 3.8) is 0 Å². The highest BCUT2D eigenvalue weighted by atomic mass is 35.5. The van der Waals surface area contributed by atoms with Gasteiger partial charge in [-0.2, -0.15) is 5.26 Å². The molecule has 2 aliphatic rings. The molecule has 0 bridgehead atoms. The Bertz CT molecular complexity index is 2220. The summed E-state index contributed by atoms with van der Waals surface area (Å²) in [4.78, 5) is 41.7. The quantitative estimate of drug-likeness (QED) is 0.140. The SMILES string of the molecule is COC(=O)[C@H](CC#Cc1ccc(C#N)cc1)NC(=O)C1Cc2cc3c(cc2CN1C(=O)OC(C)(C)C)OC(c1ccc(OCc2ccc(Cl)c(Cl)c2)cc1)CO3. The van der Waals surface area contributed by atoms with Gasteiger partial charge in [0.2, 0.25) is 5.91 Å². The number of hydrogen-bond acceptors (Lipinski definition) is 9. The lowest BCUT2D eigenvalue weighted by molar-refractivity contribution is -0.145. The number of esters is 1. The lowest BCUT2D eigenvalue weighted by Crippen LogP contribution is -2.56. The van der Waals surface area contributed by atoms with E-state index in [2.05, 4.69) is 23.2 Å². The van der Waals surface area contributed by atoms with Gasteiger partial charge >= 0.3 is 12.1 Å². The van der Waals surface area contributed by atoms with Gasteiger partial charge in [0.15, 0.2) is 17.6 Å². The zero-order valence-electron chi connectivity index (χ0n) is 31.2. The Hall–Kier alpha value is -5.88. The molecule has 2 amide bonds. The van der Waals surface area contributed by atoms with Crippen LogP contribution >= 0.6 is 23.2 Å². The lowest BCUT2D eigenvalue weighted by atomic mass is 9.92. The maximum atomic E-state index is 14.0. The summed E-state index contributed by atoms with van der Waals surface area (Å²) < 4.78 is 29.2. The van der Waals surface area contributed by atoms with Gasteiger partial charge in [0.05, 0.1) is 35.3 Å². The highest BCUT2D eigenvalue weighted by molar-refractivity contribution is 6.42. The molecule has 0 saturated carbocycles. The van der Waals surface area contributed by atoms with Crippen molar-refractivity contribution in [2.75, 3.05) is 13.7 Å². The van der Waals surface area contributed by atoms with Crippen molar-refractivity contribution in [2.45, 2.75) is 70.6 Å². The molecule has 56 heavy (non-hydrogen) atoms. The molecule has 0 fully saturated rings. The topological polar surface area (TPSA) is 136 Å². The lowest BCUT2D eigenvalue weighted by Gasteiger charge is -2.38. The van der Waals surface area contributed by atoms with Crippen LogP contribution in [0.4, 0.5) is 4.79 Å². The van der Waals surface area contributed by atoms with Crippen molar-refractivity contribution in [3.05, 3.63) is 122 Å². The molecule has 0 saturated heterocycles. The van der Waals surface area contributed by atoms with Crippen molar-refractivity contribution >= 4 is 41.2 Å². The Morgan fingerprint density at radius 2 is 1.66 bits per heavy atom. The number of rotatable bonds is 8. The van der Waals surface area contributed by atoms with E-state index in [4.69, 9.17) is 52.1 Å². The zero-order chi connectivity index (χ0) is 40.0. The van der Waals surface area contributed by atoms with Gasteiger partial charge in [-0.15, -0.1) is 0 Å². The summed E-state index contributed by atoms with van der Waals surface area (Å²) in [6, 6.07) is 23.1. The van der Waals surface area contributed by atoms with Crippen LogP contribution in [-0.4, -0.2) is 54.3 Å². The third-order valence-electron chi connectivity index (χ3n) is 8.98. The predicted octanol–water partition coefficient (Wildman–Crippen LogP) is 7.72. The molecule has 3 atom stereocenters. The molecule has 6 rings (SSSR count). The van der Waals surface area contributed by atoms with E-state index in [0.29, 0.717) is 45.0 Å². The average molecular weight is 797 g/mol. The highest BCUT2D eigenvalue weighted by Crippen LogP contribution is 2.41. The number of fused-ring (bicyclic) bond motifs is 2. The van der Waals surface area contributed by atoms with Crippen LogP contribution in [0.2, 0.25) is 10.0 Å². The average Bonchev–Trinajstić information content (AvgIpc) is 3.18. The third-order valence-corrected chi connectivity index (χ3v) is 9.72. The first-order valence-electron chi connectivity index (χ1n) is 17.8. The van der Waals surface area contributed by atoms with Crippen LogP contribution in [0, 0.1) is 23.2 Å². The number of amides is 2. The van der Waals surface area contributed by atoms with E-state index in [-0.39, 0.29) is 26.0 Å². The van der Waals surface area contributed by atoms with Crippen LogP contribution in [0.5, 0.6) is 17.2 Å². The molecule has 2 unspecified atom stereocenters. The summed E-state index contributed by atoms with van der Waals surface area (Å²) >= 11 is 12.2. The summed E-state index contributed by atoms with van der Waals surface area (Å²) in [7, 11) is 1.22. The Balaban J connectivity index is 1.17. The standard InChI is InChI=1S/C43H39Cl2N3O8/c1-43(2,3)56-42(51)48-23-31-21-38-37(54-25-39(55-38)29-13-15-32(16-14-29)53-24-28-12-17-33(44)34(45)18-28)20-30(31)19-36(48)40(49)47-35(41(50)52-4)7-5-6-26-8-10-27(22-46)11-9-26/h8-18,20-21,35-36,39H,7,19,23-25H2,1-4H3,(H,47,49)/t35-,36?,39?/m0/s1. The number of carbonyl (C=O) groups excluding carboxylic acids is 3. The number of benzene rings is 4. The van der Waals surface area contributed by atoms with Crippen molar-refractivity contribution < 1.29 is 38.1 Å². The number of carbonyl (C=O) groups is 3. The van der Waals surface area contributed by atoms with Gasteiger partial charge in [0.1, 0.15) is 36.6 Å². The fourth-order valence-electron chi connectivity index (χ4n) is 6.12. The fraction of sp³-hybridized carbons (Fsp3) is 0.302. The van der Waals surface area contributed by atoms with Gasteiger partial charge in [0, 0.05) is 18.4 Å². The van der Waals surface area contributed by atoms with Crippen molar-refractivity contribution in [3.8, 4) is 35.2 Å². The molecular weight excluding hydrogens is 757 g/mol. The second-order valence-corrected chi connectivity index (χ2v) is 15.0. The summed E-state index contributed by atoms with van der Waals surface area (Å²) in [5.41, 5.74) is 3.60. The number of ether oxygens (including phenoxy) is 5. The molecule has 288 valence electrons. The van der Waals surface area contributed by atoms with E-state index in [1.165, 1.54) is 12.0 Å². The number of nitrogens with one attached hydrogen (secondary N) is 1. The molecule has 0 spiro atoms. The second kappa shape index (κ2) is 17.3. The van der Waals surface area contributed by atoms with E-state index < -0.39 is 41.8 Å². The largest absolute Gasteiger partial charge is 0.489 e. The fourth-order valence-corrected chi connectivity index (χ4v) is 6.44. The second-order valence-electron chi connectivity index (χ2n) is 14.2. The van der Waals surface area contributed by atoms with Crippen LogP contribution < -0.4 is 19.5 Å². The molecule has 11 nitrogen and oxygen atoms in total. The number of nitrogens with zero attached hydrogens (tertiary/aromatic N) is 2. The van der Waals surface area contributed by atoms with E-state index >= 15 is 0 Å². The minimum absolute atomic E-state index is 0.0376. The van der Waals surface area contributed by atoms with Crippen molar-refractivity contribution in [2.24, 2.45) is 0 Å². The minimum atomic E-state index is -1.11. The van der Waals surface area contributed by atoms with Gasteiger partial charge < -0.3 is 29.0 Å². The first-order chi connectivity index (χ1) is 26.8. The van der Waals surface area contributed by atoms with Crippen LogP contribution in [0.1, 0.15) is 66.7 Å². The molecule has 1 N–H and O–H groups in total. The van der Waals surface area contributed by atoms with Crippen LogP contribution in [0.25, 0.3) is 0 Å². The van der Waals surface area contributed by atoms with Gasteiger partial charge in [-0.1, -0.05) is 53.2 Å². The molecule has 13 heteroatoms. The van der Waals surface area contributed by atoms with E-state index in [0.717, 1.165) is 22.3 Å². The number of methoxy groups -OCH3 is 1. The molecule has 2 aliphatic heterocycles. The van der Waals surface area contributed by atoms with Gasteiger partial charge in [-0.3, -0.25) is 9.69 Å². The number of hydrogen-bond donors (Lipinski definition) is 1. The van der Waals surface area contributed by atoms with E-state index in [1.807, 2.05) is 42.5 Å². The Morgan fingerprint density at radius 1 is 0.946 bits per heavy atom.